The molecule has 0 spiro atoms. The first-order valence-electron chi connectivity index (χ1n) is 8.33. The van der Waals surface area contributed by atoms with E-state index >= 15 is 0 Å². The van der Waals surface area contributed by atoms with Gasteiger partial charge in [-0.3, -0.25) is 14.9 Å². The van der Waals surface area contributed by atoms with E-state index in [4.69, 9.17) is 27.9 Å². The van der Waals surface area contributed by atoms with E-state index in [9.17, 15) is 9.59 Å². The number of carbonyl (C=O) groups is 2. The number of nitrogens with zero attached hydrogens (tertiary/aromatic N) is 1. The van der Waals surface area contributed by atoms with Gasteiger partial charge in [0.15, 0.2) is 17.5 Å². The summed E-state index contributed by atoms with van der Waals surface area (Å²) in [7, 11) is 0. The zero-order chi connectivity index (χ0) is 20.1. The van der Waals surface area contributed by atoms with Crippen molar-refractivity contribution in [3.05, 3.63) is 74.7 Å². The maximum Gasteiger partial charge on any atom is 0.264 e. The van der Waals surface area contributed by atoms with Gasteiger partial charge in [0.1, 0.15) is 5.75 Å². The second-order valence-corrected chi connectivity index (χ2v) is 7.92. The number of ether oxygens (including phenoxy) is 1. The van der Waals surface area contributed by atoms with E-state index in [1.165, 1.54) is 18.3 Å². The monoisotopic (exact) mass is 434 g/mol. The van der Waals surface area contributed by atoms with Crippen molar-refractivity contribution in [3.8, 4) is 5.75 Å². The Morgan fingerprint density at radius 2 is 1.89 bits per heavy atom. The number of amides is 1. The molecular formula is C20H16Cl2N2O3S. The Morgan fingerprint density at radius 3 is 2.61 bits per heavy atom. The van der Waals surface area contributed by atoms with Crippen LogP contribution in [0.15, 0.2) is 48.7 Å². The summed E-state index contributed by atoms with van der Waals surface area (Å²) in [5.41, 5.74) is 1.49. The molecular weight excluding hydrogens is 419 g/mol. The standard InChI is InChI=1S/C20H16Cl2N2O3S/c1-12(25)13-2-5-16(6-3-13)27-11-19(26)24-20-23-10-17(28-20)9-14-8-15(21)4-7-18(14)22/h2-8,10H,9,11H2,1H3,(H,23,24,26). The molecule has 1 heterocycles. The number of rotatable bonds is 7. The van der Waals surface area contributed by atoms with Gasteiger partial charge in [0, 0.05) is 33.1 Å². The van der Waals surface area contributed by atoms with Gasteiger partial charge in [-0.05, 0) is 55.0 Å². The molecule has 3 aromatic rings. The molecule has 28 heavy (non-hydrogen) atoms. The minimum atomic E-state index is -0.322. The number of hydrogen-bond acceptors (Lipinski definition) is 5. The minimum absolute atomic E-state index is 0.0251. The lowest BCUT2D eigenvalue weighted by Gasteiger charge is -2.06. The SMILES string of the molecule is CC(=O)c1ccc(OCC(=O)Nc2ncc(Cc3cc(Cl)ccc3Cl)s2)cc1. The number of anilines is 1. The van der Waals surface area contributed by atoms with E-state index in [0.29, 0.717) is 32.9 Å². The number of benzene rings is 2. The molecule has 1 aromatic heterocycles. The molecule has 0 atom stereocenters. The highest BCUT2D eigenvalue weighted by Crippen LogP contribution is 2.27. The third kappa shape index (κ3) is 5.55. The molecule has 0 aliphatic heterocycles. The van der Waals surface area contributed by atoms with Gasteiger partial charge in [0.25, 0.3) is 5.91 Å². The van der Waals surface area contributed by atoms with Crippen LogP contribution in [0.4, 0.5) is 5.13 Å². The number of thiazole rings is 1. The van der Waals surface area contributed by atoms with Gasteiger partial charge in [-0.1, -0.05) is 23.2 Å². The fourth-order valence-electron chi connectivity index (χ4n) is 2.40. The van der Waals surface area contributed by atoms with Crippen molar-refractivity contribution in [2.75, 3.05) is 11.9 Å². The van der Waals surface area contributed by atoms with Gasteiger partial charge in [-0.15, -0.1) is 11.3 Å². The van der Waals surface area contributed by atoms with Crippen LogP contribution in [-0.4, -0.2) is 23.3 Å². The Balaban J connectivity index is 1.53. The van der Waals surface area contributed by atoms with Gasteiger partial charge < -0.3 is 4.74 Å². The largest absolute Gasteiger partial charge is 0.484 e. The molecule has 3 rings (SSSR count). The minimum Gasteiger partial charge on any atom is -0.484 e. The smallest absolute Gasteiger partial charge is 0.264 e. The molecule has 0 radical (unpaired) electrons. The molecule has 144 valence electrons. The summed E-state index contributed by atoms with van der Waals surface area (Å²) in [6, 6.07) is 11.9. The summed E-state index contributed by atoms with van der Waals surface area (Å²) in [5, 5.41) is 4.43. The number of halogens is 2. The van der Waals surface area contributed by atoms with E-state index in [0.717, 1.165) is 10.4 Å². The molecule has 0 bridgehead atoms. The van der Waals surface area contributed by atoms with Crippen molar-refractivity contribution in [2.45, 2.75) is 13.3 Å². The van der Waals surface area contributed by atoms with Crippen LogP contribution < -0.4 is 10.1 Å². The average molecular weight is 435 g/mol. The van der Waals surface area contributed by atoms with Crippen molar-refractivity contribution in [1.82, 2.24) is 4.98 Å². The molecule has 1 amide bonds. The maximum absolute atomic E-state index is 12.1. The number of Topliss-reactive ketones (excluding diaryl/α,β-unsaturated/α-hetero) is 1. The van der Waals surface area contributed by atoms with Gasteiger partial charge >= 0.3 is 0 Å². The lowest BCUT2D eigenvalue weighted by Crippen LogP contribution is -2.20. The molecule has 0 saturated carbocycles. The third-order valence-corrected chi connectivity index (χ3v) is 5.32. The van der Waals surface area contributed by atoms with Crippen molar-refractivity contribution >= 4 is 51.4 Å². The van der Waals surface area contributed by atoms with Crippen LogP contribution >= 0.6 is 34.5 Å². The van der Waals surface area contributed by atoms with Crippen LogP contribution in [-0.2, 0) is 11.2 Å². The van der Waals surface area contributed by atoms with Crippen LogP contribution in [0.2, 0.25) is 10.0 Å². The second kappa shape index (κ2) is 9.19. The first-order valence-corrected chi connectivity index (χ1v) is 9.90. The van der Waals surface area contributed by atoms with Crippen molar-refractivity contribution in [3.63, 3.8) is 0 Å². The lowest BCUT2D eigenvalue weighted by atomic mass is 10.1. The van der Waals surface area contributed by atoms with E-state index < -0.39 is 0 Å². The summed E-state index contributed by atoms with van der Waals surface area (Å²) < 4.78 is 5.43. The van der Waals surface area contributed by atoms with E-state index in [1.54, 1.807) is 42.6 Å². The van der Waals surface area contributed by atoms with Crippen LogP contribution in [0.25, 0.3) is 0 Å². The Kier molecular flexibility index (Phi) is 6.67. The normalized spacial score (nSPS) is 10.5. The summed E-state index contributed by atoms with van der Waals surface area (Å²) in [6.07, 6.45) is 2.27. The fourth-order valence-corrected chi connectivity index (χ4v) is 3.63. The van der Waals surface area contributed by atoms with Gasteiger partial charge in [0.05, 0.1) is 0 Å². The molecule has 0 saturated heterocycles. The molecule has 8 heteroatoms. The summed E-state index contributed by atoms with van der Waals surface area (Å²) in [6.45, 7) is 1.33. The highest BCUT2D eigenvalue weighted by Gasteiger charge is 2.10. The topological polar surface area (TPSA) is 68.3 Å². The van der Waals surface area contributed by atoms with Crippen LogP contribution in [0, 0.1) is 0 Å². The van der Waals surface area contributed by atoms with Crippen molar-refractivity contribution in [1.29, 1.82) is 0 Å². The van der Waals surface area contributed by atoms with E-state index in [-0.39, 0.29) is 18.3 Å². The Morgan fingerprint density at radius 1 is 1.14 bits per heavy atom. The zero-order valence-corrected chi connectivity index (χ0v) is 17.2. The van der Waals surface area contributed by atoms with Crippen LogP contribution in [0.1, 0.15) is 27.7 Å². The molecule has 0 aliphatic rings. The van der Waals surface area contributed by atoms with Gasteiger partial charge in [-0.2, -0.15) is 0 Å². The maximum atomic E-state index is 12.1. The Labute approximate surface area is 176 Å². The van der Waals surface area contributed by atoms with Crippen molar-refractivity contribution < 1.29 is 14.3 Å². The first-order chi connectivity index (χ1) is 13.4. The Hall–Kier alpha value is -2.41. The highest BCUT2D eigenvalue weighted by atomic mass is 35.5. The van der Waals surface area contributed by atoms with Crippen LogP contribution in [0.3, 0.4) is 0 Å². The third-order valence-electron chi connectivity index (χ3n) is 3.80. The summed E-state index contributed by atoms with van der Waals surface area (Å²) >= 11 is 13.6. The number of aromatic nitrogens is 1. The number of hydrogen-bond donors (Lipinski definition) is 1. The summed E-state index contributed by atoms with van der Waals surface area (Å²) in [4.78, 5) is 28.5. The fraction of sp³-hybridized carbons (Fsp3) is 0.150. The van der Waals surface area contributed by atoms with E-state index in [1.807, 2.05) is 6.07 Å². The molecule has 5 nitrogen and oxygen atoms in total. The predicted octanol–water partition coefficient (Wildman–Crippen LogP) is 5.26. The van der Waals surface area contributed by atoms with Gasteiger partial charge in [-0.25, -0.2) is 4.98 Å². The highest BCUT2D eigenvalue weighted by molar-refractivity contribution is 7.15. The number of nitrogens with one attached hydrogen (secondary N) is 1. The molecule has 0 fully saturated rings. The molecule has 0 unspecified atom stereocenters. The molecule has 0 aliphatic carbocycles. The first kappa shape index (κ1) is 20.3. The summed E-state index contributed by atoms with van der Waals surface area (Å²) in [5.74, 6) is 0.163. The zero-order valence-electron chi connectivity index (χ0n) is 14.9. The quantitative estimate of drug-likeness (QED) is 0.514. The predicted molar refractivity (Wildman–Crippen MR) is 112 cm³/mol. The number of ketones is 1. The van der Waals surface area contributed by atoms with Gasteiger partial charge in [0.2, 0.25) is 0 Å². The average Bonchev–Trinajstić information content (AvgIpc) is 3.10. The van der Waals surface area contributed by atoms with E-state index in [2.05, 4.69) is 10.3 Å². The molecule has 1 N–H and O–H groups in total. The van der Waals surface area contributed by atoms with Crippen LogP contribution in [0.5, 0.6) is 5.75 Å². The second-order valence-electron chi connectivity index (χ2n) is 5.96. The number of carbonyl (C=O) groups excluding carboxylic acids is 2. The Bertz CT molecular complexity index is 1000. The molecule has 2 aromatic carbocycles. The lowest BCUT2D eigenvalue weighted by molar-refractivity contribution is -0.118. The van der Waals surface area contributed by atoms with Crippen molar-refractivity contribution in [2.24, 2.45) is 0 Å².